The molecule has 1 N–H and O–H groups in total. The van der Waals surface area contributed by atoms with E-state index >= 15 is 0 Å². The number of carbonyl (C=O) groups is 1. The van der Waals surface area contributed by atoms with Gasteiger partial charge in [-0.1, -0.05) is 11.2 Å². The number of nitrogens with zero attached hydrogens (tertiary/aromatic N) is 1. The number of ether oxygens (including phenoxy) is 1. The first kappa shape index (κ1) is 11.5. The molecular formula is C10H14N2O3. The van der Waals surface area contributed by atoms with Gasteiger partial charge in [0, 0.05) is 18.7 Å². The van der Waals surface area contributed by atoms with Crippen LogP contribution in [0.1, 0.15) is 12.7 Å². The summed E-state index contributed by atoms with van der Waals surface area (Å²) in [4.78, 5) is 10.9. The Labute approximate surface area is 88.1 Å². The Kier molecular flexibility index (Phi) is 5.18. The molecule has 1 heterocycles. The SMILES string of the molecule is CCOC(=O)/C=C/CNCc1ccno1. The van der Waals surface area contributed by atoms with Gasteiger partial charge in [-0.3, -0.25) is 0 Å². The Balaban J connectivity index is 2.08. The van der Waals surface area contributed by atoms with Crippen LogP contribution in [0.4, 0.5) is 0 Å². The Morgan fingerprint density at radius 3 is 3.27 bits per heavy atom. The largest absolute Gasteiger partial charge is 0.463 e. The first-order chi connectivity index (χ1) is 7.33. The van der Waals surface area contributed by atoms with E-state index in [0.717, 1.165) is 5.76 Å². The topological polar surface area (TPSA) is 64.4 Å². The second kappa shape index (κ2) is 6.78. The highest BCUT2D eigenvalue weighted by atomic mass is 16.5. The van der Waals surface area contributed by atoms with Crippen molar-refractivity contribution >= 4 is 5.97 Å². The van der Waals surface area contributed by atoms with E-state index in [1.807, 2.05) is 0 Å². The fourth-order valence-corrected chi connectivity index (χ4v) is 0.958. The van der Waals surface area contributed by atoms with Crippen LogP contribution < -0.4 is 5.32 Å². The molecule has 0 saturated heterocycles. The lowest BCUT2D eigenvalue weighted by atomic mass is 10.4. The Morgan fingerprint density at radius 1 is 1.73 bits per heavy atom. The number of carbonyl (C=O) groups excluding carboxylic acids is 1. The molecule has 5 heteroatoms. The van der Waals surface area contributed by atoms with E-state index in [2.05, 4.69) is 10.5 Å². The van der Waals surface area contributed by atoms with Gasteiger partial charge in [0.1, 0.15) is 5.76 Å². The maximum absolute atomic E-state index is 10.9. The third kappa shape index (κ3) is 4.97. The van der Waals surface area contributed by atoms with Gasteiger partial charge in [-0.25, -0.2) is 4.79 Å². The highest BCUT2D eigenvalue weighted by Crippen LogP contribution is 1.94. The molecule has 0 spiro atoms. The van der Waals surface area contributed by atoms with E-state index in [9.17, 15) is 4.79 Å². The summed E-state index contributed by atoms with van der Waals surface area (Å²) < 4.78 is 9.58. The highest BCUT2D eigenvalue weighted by Gasteiger charge is 1.94. The van der Waals surface area contributed by atoms with E-state index < -0.39 is 0 Å². The van der Waals surface area contributed by atoms with Crippen LogP contribution in [0.2, 0.25) is 0 Å². The van der Waals surface area contributed by atoms with E-state index in [0.29, 0.717) is 19.7 Å². The van der Waals surface area contributed by atoms with Crippen LogP contribution in [0.15, 0.2) is 28.9 Å². The second-order valence-corrected chi connectivity index (χ2v) is 2.76. The molecule has 0 aliphatic carbocycles. The van der Waals surface area contributed by atoms with Crippen molar-refractivity contribution in [1.82, 2.24) is 10.5 Å². The minimum Gasteiger partial charge on any atom is -0.463 e. The second-order valence-electron chi connectivity index (χ2n) is 2.76. The van der Waals surface area contributed by atoms with Crippen molar-refractivity contribution in [2.45, 2.75) is 13.5 Å². The van der Waals surface area contributed by atoms with Crippen LogP contribution in [0, 0.1) is 0 Å². The molecule has 0 aliphatic heterocycles. The Bertz CT molecular complexity index is 306. The molecular weight excluding hydrogens is 196 g/mol. The minimum absolute atomic E-state index is 0.320. The predicted octanol–water partition coefficient (Wildman–Crippen LogP) is 0.883. The number of nitrogens with one attached hydrogen (secondary N) is 1. The van der Waals surface area contributed by atoms with Gasteiger partial charge >= 0.3 is 5.97 Å². The highest BCUT2D eigenvalue weighted by molar-refractivity contribution is 5.81. The summed E-state index contributed by atoms with van der Waals surface area (Å²) in [6.07, 6.45) is 4.69. The molecule has 0 amide bonds. The van der Waals surface area contributed by atoms with Crippen molar-refractivity contribution < 1.29 is 14.1 Å². The number of hydrogen-bond acceptors (Lipinski definition) is 5. The molecule has 0 aliphatic rings. The average Bonchev–Trinajstić information content (AvgIpc) is 2.70. The lowest BCUT2D eigenvalue weighted by Gasteiger charge is -1.97. The first-order valence-electron chi connectivity index (χ1n) is 4.76. The van der Waals surface area contributed by atoms with Crippen molar-refractivity contribution in [3.8, 4) is 0 Å². The number of esters is 1. The van der Waals surface area contributed by atoms with Gasteiger partial charge in [0.05, 0.1) is 19.3 Å². The minimum atomic E-state index is -0.320. The number of hydrogen-bond donors (Lipinski definition) is 1. The zero-order chi connectivity index (χ0) is 10.9. The predicted molar refractivity (Wildman–Crippen MR) is 54.0 cm³/mol. The normalized spacial score (nSPS) is 10.7. The standard InChI is InChI=1S/C10H14N2O3/c1-2-14-10(13)4-3-6-11-8-9-5-7-12-15-9/h3-5,7,11H,2,6,8H2,1H3/b4-3+. The molecule has 0 fully saturated rings. The summed E-state index contributed by atoms with van der Waals surface area (Å²) in [5.74, 6) is 0.443. The third-order valence-electron chi connectivity index (χ3n) is 1.59. The van der Waals surface area contributed by atoms with E-state index in [4.69, 9.17) is 9.26 Å². The Hall–Kier alpha value is -1.62. The van der Waals surface area contributed by atoms with Crippen LogP contribution >= 0.6 is 0 Å². The number of aromatic nitrogens is 1. The zero-order valence-corrected chi connectivity index (χ0v) is 8.60. The van der Waals surface area contributed by atoms with Crippen LogP contribution in [-0.2, 0) is 16.1 Å². The maximum Gasteiger partial charge on any atom is 0.330 e. The molecule has 15 heavy (non-hydrogen) atoms. The molecule has 0 radical (unpaired) electrons. The van der Waals surface area contributed by atoms with Gasteiger partial charge in [-0.15, -0.1) is 0 Å². The van der Waals surface area contributed by atoms with E-state index in [1.165, 1.54) is 6.08 Å². The quantitative estimate of drug-likeness (QED) is 0.429. The third-order valence-corrected chi connectivity index (χ3v) is 1.59. The first-order valence-corrected chi connectivity index (χ1v) is 4.76. The van der Waals surface area contributed by atoms with Crippen molar-refractivity contribution in [1.29, 1.82) is 0 Å². The molecule has 0 unspecified atom stereocenters. The Morgan fingerprint density at radius 2 is 2.60 bits per heavy atom. The van der Waals surface area contributed by atoms with Gasteiger partial charge < -0.3 is 14.6 Å². The van der Waals surface area contributed by atoms with Gasteiger partial charge in [0.15, 0.2) is 0 Å². The molecule has 0 bridgehead atoms. The molecule has 0 aromatic carbocycles. The van der Waals surface area contributed by atoms with Gasteiger partial charge in [0.25, 0.3) is 0 Å². The summed E-state index contributed by atoms with van der Waals surface area (Å²) in [6.45, 7) is 3.34. The molecule has 1 rings (SSSR count). The summed E-state index contributed by atoms with van der Waals surface area (Å²) in [5.41, 5.74) is 0. The summed E-state index contributed by atoms with van der Waals surface area (Å²) in [6, 6.07) is 1.78. The van der Waals surface area contributed by atoms with Crippen molar-refractivity contribution in [2.24, 2.45) is 0 Å². The van der Waals surface area contributed by atoms with Crippen molar-refractivity contribution in [2.75, 3.05) is 13.2 Å². The van der Waals surface area contributed by atoms with Crippen LogP contribution in [0.25, 0.3) is 0 Å². The van der Waals surface area contributed by atoms with Gasteiger partial charge in [-0.2, -0.15) is 0 Å². The molecule has 1 aromatic heterocycles. The zero-order valence-electron chi connectivity index (χ0n) is 8.60. The van der Waals surface area contributed by atoms with Crippen LogP contribution in [0.5, 0.6) is 0 Å². The van der Waals surface area contributed by atoms with Crippen molar-refractivity contribution in [3.05, 3.63) is 30.2 Å². The lowest BCUT2D eigenvalue weighted by Crippen LogP contribution is -2.12. The van der Waals surface area contributed by atoms with Crippen LogP contribution in [0.3, 0.4) is 0 Å². The molecule has 5 nitrogen and oxygen atoms in total. The average molecular weight is 210 g/mol. The van der Waals surface area contributed by atoms with Gasteiger partial charge in [-0.05, 0) is 6.92 Å². The molecule has 82 valence electrons. The smallest absolute Gasteiger partial charge is 0.330 e. The van der Waals surface area contributed by atoms with E-state index in [1.54, 1.807) is 25.3 Å². The molecule has 0 atom stereocenters. The molecule has 1 aromatic rings. The monoisotopic (exact) mass is 210 g/mol. The lowest BCUT2D eigenvalue weighted by molar-refractivity contribution is -0.137. The maximum atomic E-state index is 10.9. The summed E-state index contributed by atoms with van der Waals surface area (Å²) in [7, 11) is 0. The number of rotatable bonds is 6. The fraction of sp³-hybridized carbons (Fsp3) is 0.400. The fourth-order valence-electron chi connectivity index (χ4n) is 0.958. The van der Waals surface area contributed by atoms with E-state index in [-0.39, 0.29) is 5.97 Å². The van der Waals surface area contributed by atoms with Crippen LogP contribution in [-0.4, -0.2) is 24.3 Å². The summed E-state index contributed by atoms with van der Waals surface area (Å²) in [5, 5.41) is 6.62. The molecule has 0 saturated carbocycles. The summed E-state index contributed by atoms with van der Waals surface area (Å²) >= 11 is 0. The van der Waals surface area contributed by atoms with Crippen molar-refractivity contribution in [3.63, 3.8) is 0 Å². The van der Waals surface area contributed by atoms with Gasteiger partial charge in [0.2, 0.25) is 0 Å².